The molecule has 112 valence electrons. The standard InChI is InChI=1S/C14H27NO4/c1-8-9(11(16)17)10(13(2,3)4)15-12(18)19-14(5,6)7/h9-10H,8H2,1-7H3,(H,15,18)(H,16,17). The van der Waals surface area contributed by atoms with Gasteiger partial charge in [-0.1, -0.05) is 27.7 Å². The maximum absolute atomic E-state index is 11.8. The van der Waals surface area contributed by atoms with Crippen LogP contribution >= 0.6 is 0 Å². The van der Waals surface area contributed by atoms with E-state index in [1.807, 2.05) is 20.8 Å². The summed E-state index contributed by atoms with van der Waals surface area (Å²) < 4.78 is 5.19. The lowest BCUT2D eigenvalue weighted by molar-refractivity contribution is -0.144. The van der Waals surface area contributed by atoms with Crippen LogP contribution in [0, 0.1) is 11.3 Å². The van der Waals surface area contributed by atoms with Gasteiger partial charge < -0.3 is 15.2 Å². The first kappa shape index (κ1) is 17.7. The lowest BCUT2D eigenvalue weighted by Crippen LogP contribution is -2.51. The molecule has 5 nitrogen and oxygen atoms in total. The fraction of sp³-hybridized carbons (Fsp3) is 0.857. The summed E-state index contributed by atoms with van der Waals surface area (Å²) in [6, 6.07) is -0.482. The molecule has 0 aliphatic carbocycles. The second-order valence-corrected chi connectivity index (χ2v) is 6.84. The average Bonchev–Trinajstić information content (AvgIpc) is 2.12. The van der Waals surface area contributed by atoms with Crippen molar-refractivity contribution in [1.82, 2.24) is 5.32 Å². The van der Waals surface area contributed by atoms with Crippen LogP contribution in [0.2, 0.25) is 0 Å². The maximum Gasteiger partial charge on any atom is 0.407 e. The molecule has 0 saturated heterocycles. The van der Waals surface area contributed by atoms with Gasteiger partial charge >= 0.3 is 12.1 Å². The number of carboxylic acids is 1. The van der Waals surface area contributed by atoms with Crippen LogP contribution in [0.4, 0.5) is 4.79 Å². The van der Waals surface area contributed by atoms with Gasteiger partial charge in [-0.05, 0) is 32.6 Å². The minimum absolute atomic E-state index is 0.365. The molecule has 2 unspecified atom stereocenters. The molecule has 0 aliphatic rings. The number of hydrogen-bond acceptors (Lipinski definition) is 3. The molecule has 0 spiro atoms. The normalized spacial score (nSPS) is 15.5. The zero-order valence-corrected chi connectivity index (χ0v) is 13.0. The number of nitrogens with one attached hydrogen (secondary N) is 1. The number of ether oxygens (including phenoxy) is 1. The average molecular weight is 273 g/mol. The van der Waals surface area contributed by atoms with Crippen molar-refractivity contribution in [3.63, 3.8) is 0 Å². The SMILES string of the molecule is CCC(C(=O)O)C(NC(=O)OC(C)(C)C)C(C)(C)C. The predicted octanol–water partition coefficient (Wildman–Crippen LogP) is 3.04. The summed E-state index contributed by atoms with van der Waals surface area (Å²) in [6.07, 6.45) is -0.125. The van der Waals surface area contributed by atoms with Crippen LogP contribution in [-0.4, -0.2) is 28.8 Å². The Hall–Kier alpha value is -1.26. The second-order valence-electron chi connectivity index (χ2n) is 6.84. The van der Waals surface area contributed by atoms with E-state index >= 15 is 0 Å². The van der Waals surface area contributed by atoms with E-state index in [2.05, 4.69) is 5.32 Å². The third kappa shape index (κ3) is 6.45. The maximum atomic E-state index is 11.8. The number of carbonyl (C=O) groups is 2. The summed E-state index contributed by atoms with van der Waals surface area (Å²) in [4.78, 5) is 23.1. The fourth-order valence-electron chi connectivity index (χ4n) is 1.91. The Morgan fingerprint density at radius 2 is 1.63 bits per heavy atom. The van der Waals surface area contributed by atoms with E-state index in [-0.39, 0.29) is 5.41 Å². The summed E-state index contributed by atoms with van der Waals surface area (Å²) in [5.74, 6) is -1.54. The summed E-state index contributed by atoms with van der Waals surface area (Å²) in [7, 11) is 0. The third-order valence-corrected chi connectivity index (χ3v) is 2.76. The summed E-state index contributed by atoms with van der Waals surface area (Å²) in [5.41, 5.74) is -0.965. The van der Waals surface area contributed by atoms with Crippen LogP contribution in [0.15, 0.2) is 0 Å². The number of aliphatic carboxylic acids is 1. The Bertz CT molecular complexity index is 325. The Morgan fingerprint density at radius 1 is 1.16 bits per heavy atom. The van der Waals surface area contributed by atoms with Gasteiger partial charge in [-0.25, -0.2) is 4.79 Å². The molecule has 0 saturated carbocycles. The highest BCUT2D eigenvalue weighted by Gasteiger charge is 2.37. The first-order chi connectivity index (χ1) is 8.38. The molecule has 1 amide bonds. The summed E-state index contributed by atoms with van der Waals surface area (Å²) >= 11 is 0. The quantitative estimate of drug-likeness (QED) is 0.825. The number of alkyl carbamates (subject to hydrolysis) is 1. The fourth-order valence-corrected chi connectivity index (χ4v) is 1.91. The lowest BCUT2D eigenvalue weighted by atomic mass is 9.78. The van der Waals surface area contributed by atoms with Crippen LogP contribution in [0.5, 0.6) is 0 Å². The topological polar surface area (TPSA) is 75.6 Å². The van der Waals surface area contributed by atoms with Crippen LogP contribution < -0.4 is 5.32 Å². The van der Waals surface area contributed by atoms with Crippen LogP contribution in [0.3, 0.4) is 0 Å². The zero-order valence-electron chi connectivity index (χ0n) is 13.0. The smallest absolute Gasteiger partial charge is 0.407 e. The van der Waals surface area contributed by atoms with Crippen molar-refractivity contribution in [2.75, 3.05) is 0 Å². The van der Waals surface area contributed by atoms with Crippen LogP contribution in [0.1, 0.15) is 54.9 Å². The first-order valence-electron chi connectivity index (χ1n) is 6.60. The highest BCUT2D eigenvalue weighted by Crippen LogP contribution is 2.28. The highest BCUT2D eigenvalue weighted by atomic mass is 16.6. The van der Waals surface area contributed by atoms with Gasteiger partial charge in [0.05, 0.1) is 12.0 Å². The molecule has 5 heteroatoms. The van der Waals surface area contributed by atoms with Crippen LogP contribution in [-0.2, 0) is 9.53 Å². The van der Waals surface area contributed by atoms with E-state index in [1.165, 1.54) is 0 Å². The number of amides is 1. The summed E-state index contributed by atoms with van der Waals surface area (Å²) in [5, 5.41) is 12.0. The molecule has 0 aromatic heterocycles. The van der Waals surface area contributed by atoms with E-state index in [4.69, 9.17) is 4.74 Å². The number of rotatable bonds is 4. The monoisotopic (exact) mass is 273 g/mol. The van der Waals surface area contributed by atoms with Crippen molar-refractivity contribution in [2.45, 2.75) is 66.5 Å². The van der Waals surface area contributed by atoms with Crippen molar-refractivity contribution >= 4 is 12.1 Å². The molecule has 0 aromatic rings. The molecule has 19 heavy (non-hydrogen) atoms. The molecule has 0 heterocycles. The van der Waals surface area contributed by atoms with E-state index in [1.54, 1.807) is 27.7 Å². The van der Waals surface area contributed by atoms with Gasteiger partial charge in [0, 0.05) is 0 Å². The molecule has 2 atom stereocenters. The predicted molar refractivity (Wildman–Crippen MR) is 74.0 cm³/mol. The van der Waals surface area contributed by atoms with E-state index in [9.17, 15) is 14.7 Å². The minimum Gasteiger partial charge on any atom is -0.481 e. The zero-order chi connectivity index (χ0) is 15.4. The molecular weight excluding hydrogens is 246 g/mol. The number of hydrogen-bond donors (Lipinski definition) is 2. The molecule has 2 N–H and O–H groups in total. The van der Waals surface area contributed by atoms with Crippen molar-refractivity contribution < 1.29 is 19.4 Å². The van der Waals surface area contributed by atoms with Crippen molar-refractivity contribution in [1.29, 1.82) is 0 Å². The Morgan fingerprint density at radius 3 is 1.89 bits per heavy atom. The van der Waals surface area contributed by atoms with Gasteiger partial charge in [0.15, 0.2) is 0 Å². The van der Waals surface area contributed by atoms with Crippen LogP contribution in [0.25, 0.3) is 0 Å². The highest BCUT2D eigenvalue weighted by molar-refractivity contribution is 5.74. The number of carboxylic acid groups (broad SMARTS) is 1. The molecule has 0 fully saturated rings. The van der Waals surface area contributed by atoms with E-state index in [0.717, 1.165) is 0 Å². The van der Waals surface area contributed by atoms with Crippen molar-refractivity contribution in [3.8, 4) is 0 Å². The van der Waals surface area contributed by atoms with E-state index in [0.29, 0.717) is 6.42 Å². The molecular formula is C14H27NO4. The van der Waals surface area contributed by atoms with Crippen molar-refractivity contribution in [2.24, 2.45) is 11.3 Å². The van der Waals surface area contributed by atoms with Gasteiger partial charge in [0.2, 0.25) is 0 Å². The van der Waals surface area contributed by atoms with Crippen molar-refractivity contribution in [3.05, 3.63) is 0 Å². The lowest BCUT2D eigenvalue weighted by Gasteiger charge is -2.35. The Labute approximate surface area is 115 Å². The van der Waals surface area contributed by atoms with Gasteiger partial charge in [-0.2, -0.15) is 0 Å². The second kappa shape index (κ2) is 6.26. The van der Waals surface area contributed by atoms with Gasteiger partial charge in [-0.15, -0.1) is 0 Å². The van der Waals surface area contributed by atoms with E-state index < -0.39 is 29.6 Å². The molecule has 0 aliphatic heterocycles. The van der Waals surface area contributed by atoms with Gasteiger partial charge in [0.1, 0.15) is 5.60 Å². The minimum atomic E-state index is -0.904. The Balaban J connectivity index is 4.99. The first-order valence-corrected chi connectivity index (χ1v) is 6.60. The number of carbonyl (C=O) groups excluding carboxylic acids is 1. The summed E-state index contributed by atoms with van der Waals surface area (Å²) in [6.45, 7) is 12.8. The largest absolute Gasteiger partial charge is 0.481 e. The molecule has 0 radical (unpaired) electrons. The molecule has 0 bridgehead atoms. The van der Waals surface area contributed by atoms with Gasteiger partial charge in [0.25, 0.3) is 0 Å². The molecule has 0 aromatic carbocycles. The molecule has 0 rings (SSSR count). The van der Waals surface area contributed by atoms with Gasteiger partial charge in [-0.3, -0.25) is 4.79 Å². The third-order valence-electron chi connectivity index (χ3n) is 2.76. The Kier molecular flexibility index (Phi) is 5.84.